The number of carbonyl (C=O) groups is 1. The first-order chi connectivity index (χ1) is 13.9. The minimum Gasteiger partial charge on any atom is -0.493 e. The second-order valence-corrected chi connectivity index (χ2v) is 7.84. The monoisotopic (exact) mass is 440 g/mol. The lowest BCUT2D eigenvalue weighted by atomic mass is 10.1. The number of aromatic nitrogens is 1. The molecule has 1 N–H and O–H groups in total. The topological polar surface area (TPSA) is 69.7 Å². The Balaban J connectivity index is 1.77. The van der Waals surface area contributed by atoms with Gasteiger partial charge in [0.15, 0.2) is 16.6 Å². The molecule has 10 heteroatoms. The number of amides is 1. The molecule has 0 saturated heterocycles. The maximum Gasteiger partial charge on any atom is 0.288 e. The highest BCUT2D eigenvalue weighted by Gasteiger charge is 2.18. The summed E-state index contributed by atoms with van der Waals surface area (Å²) in [6.07, 6.45) is 0.0337. The average Bonchev–Trinajstić information content (AvgIpc) is 3.08. The second kappa shape index (κ2) is 9.27. The minimum atomic E-state index is -2.49. The van der Waals surface area contributed by atoms with Crippen molar-refractivity contribution in [3.05, 3.63) is 35.9 Å². The molecule has 3 aromatic rings. The van der Waals surface area contributed by atoms with E-state index in [1.165, 1.54) is 32.7 Å². The Hall–Kier alpha value is -2.59. The van der Waals surface area contributed by atoms with E-state index >= 15 is 0 Å². The standard InChI is InChI=1S/C19H18F2N2O4S2/c1-25-13-7-4-10(16(26-2)17(13)27-3)8-15(24)23-19-22-12-6-5-11(28-18(20)21)9-14(12)29-19/h4-7,9,18H,8H2,1-3H3,(H,22,23,24). The smallest absolute Gasteiger partial charge is 0.288 e. The Labute approximate surface area is 174 Å². The maximum atomic E-state index is 12.5. The molecule has 0 fully saturated rings. The van der Waals surface area contributed by atoms with Gasteiger partial charge in [-0.25, -0.2) is 4.98 Å². The highest BCUT2D eigenvalue weighted by atomic mass is 32.2. The zero-order chi connectivity index (χ0) is 21.0. The summed E-state index contributed by atoms with van der Waals surface area (Å²) in [5.41, 5.74) is 1.26. The molecule has 0 aliphatic carbocycles. The van der Waals surface area contributed by atoms with Gasteiger partial charge in [-0.2, -0.15) is 8.78 Å². The number of hydrogen-bond donors (Lipinski definition) is 1. The Morgan fingerprint density at radius 2 is 1.90 bits per heavy atom. The van der Waals surface area contributed by atoms with Gasteiger partial charge in [0.25, 0.3) is 5.76 Å². The van der Waals surface area contributed by atoms with Crippen LogP contribution in [0.25, 0.3) is 10.2 Å². The first-order valence-corrected chi connectivity index (χ1v) is 10.1. The van der Waals surface area contributed by atoms with E-state index in [0.717, 1.165) is 4.70 Å². The predicted octanol–water partition coefficient (Wildman–Crippen LogP) is 4.82. The highest BCUT2D eigenvalue weighted by molar-refractivity contribution is 7.99. The molecule has 1 aromatic heterocycles. The number of nitrogens with one attached hydrogen (secondary N) is 1. The number of rotatable bonds is 8. The van der Waals surface area contributed by atoms with Crippen LogP contribution in [0.15, 0.2) is 35.2 Å². The molecular weight excluding hydrogens is 422 g/mol. The van der Waals surface area contributed by atoms with Gasteiger partial charge in [0, 0.05) is 10.5 Å². The molecule has 29 heavy (non-hydrogen) atoms. The van der Waals surface area contributed by atoms with Gasteiger partial charge in [-0.15, -0.1) is 0 Å². The van der Waals surface area contributed by atoms with Crippen LogP contribution in [0.1, 0.15) is 5.56 Å². The summed E-state index contributed by atoms with van der Waals surface area (Å²) in [5.74, 6) is -1.46. The number of fused-ring (bicyclic) bond motifs is 1. The third-order valence-corrected chi connectivity index (χ3v) is 5.61. The van der Waals surface area contributed by atoms with Crippen molar-refractivity contribution >= 4 is 44.4 Å². The number of methoxy groups -OCH3 is 3. The highest BCUT2D eigenvalue weighted by Crippen LogP contribution is 2.40. The first-order valence-electron chi connectivity index (χ1n) is 8.38. The summed E-state index contributed by atoms with van der Waals surface area (Å²) in [6, 6.07) is 8.30. The van der Waals surface area contributed by atoms with Crippen LogP contribution in [-0.2, 0) is 11.2 Å². The fourth-order valence-corrected chi connectivity index (χ4v) is 4.31. The number of benzene rings is 2. The first kappa shape index (κ1) is 21.1. The fourth-order valence-electron chi connectivity index (χ4n) is 2.77. The Morgan fingerprint density at radius 3 is 2.55 bits per heavy atom. The Morgan fingerprint density at radius 1 is 1.14 bits per heavy atom. The van der Waals surface area contributed by atoms with E-state index in [-0.39, 0.29) is 12.3 Å². The molecule has 0 radical (unpaired) electrons. The molecule has 0 saturated carbocycles. The lowest BCUT2D eigenvalue weighted by Crippen LogP contribution is -2.15. The largest absolute Gasteiger partial charge is 0.493 e. The molecule has 2 aromatic carbocycles. The van der Waals surface area contributed by atoms with Crippen LogP contribution in [0.5, 0.6) is 17.2 Å². The van der Waals surface area contributed by atoms with Crippen LogP contribution in [0.4, 0.5) is 13.9 Å². The van der Waals surface area contributed by atoms with Crippen molar-refractivity contribution in [2.75, 3.05) is 26.6 Å². The molecule has 0 aliphatic rings. The predicted molar refractivity (Wildman–Crippen MR) is 110 cm³/mol. The van der Waals surface area contributed by atoms with Gasteiger partial charge in [-0.3, -0.25) is 4.79 Å². The molecule has 0 unspecified atom stereocenters. The maximum absolute atomic E-state index is 12.5. The van der Waals surface area contributed by atoms with Crippen LogP contribution in [0.2, 0.25) is 0 Å². The van der Waals surface area contributed by atoms with Crippen molar-refractivity contribution in [2.45, 2.75) is 17.1 Å². The van der Waals surface area contributed by atoms with Crippen molar-refractivity contribution < 1.29 is 27.8 Å². The number of halogens is 2. The molecule has 0 bridgehead atoms. The lowest BCUT2D eigenvalue weighted by molar-refractivity contribution is -0.115. The number of thioether (sulfide) groups is 1. The van der Waals surface area contributed by atoms with E-state index in [9.17, 15) is 13.6 Å². The summed E-state index contributed by atoms with van der Waals surface area (Å²) in [7, 11) is 4.50. The number of anilines is 1. The van der Waals surface area contributed by atoms with Gasteiger partial charge in [-0.1, -0.05) is 29.2 Å². The molecule has 154 valence electrons. The summed E-state index contributed by atoms with van der Waals surface area (Å²) in [4.78, 5) is 17.3. The van der Waals surface area contributed by atoms with Gasteiger partial charge in [0.1, 0.15) is 0 Å². The van der Waals surface area contributed by atoms with Gasteiger partial charge in [0.05, 0.1) is 38.0 Å². The van der Waals surface area contributed by atoms with E-state index in [2.05, 4.69) is 10.3 Å². The molecule has 1 amide bonds. The SMILES string of the molecule is COc1ccc(CC(=O)Nc2nc3ccc(SC(F)F)cc3s2)c(OC)c1OC. The number of ether oxygens (including phenoxy) is 3. The summed E-state index contributed by atoms with van der Waals surface area (Å²) >= 11 is 1.69. The van der Waals surface area contributed by atoms with Crippen molar-refractivity contribution in [3.8, 4) is 17.2 Å². The van der Waals surface area contributed by atoms with E-state index < -0.39 is 5.76 Å². The van der Waals surface area contributed by atoms with Crippen molar-refractivity contribution in [3.63, 3.8) is 0 Å². The Kier molecular flexibility index (Phi) is 6.75. The zero-order valence-corrected chi connectivity index (χ0v) is 17.5. The molecule has 0 spiro atoms. The molecular formula is C19H18F2N2O4S2. The van der Waals surface area contributed by atoms with Crippen LogP contribution >= 0.6 is 23.1 Å². The summed E-state index contributed by atoms with van der Waals surface area (Å²) in [6.45, 7) is 0. The third-order valence-electron chi connectivity index (χ3n) is 3.97. The summed E-state index contributed by atoms with van der Waals surface area (Å²) in [5, 5.41) is 3.14. The third kappa shape index (κ3) is 4.88. The average molecular weight is 440 g/mol. The number of carbonyl (C=O) groups excluding carboxylic acids is 1. The molecule has 1 heterocycles. The number of thiazole rings is 1. The quantitative estimate of drug-likeness (QED) is 0.507. The van der Waals surface area contributed by atoms with E-state index in [0.29, 0.717) is 50.1 Å². The lowest BCUT2D eigenvalue weighted by Gasteiger charge is -2.15. The molecule has 0 aliphatic heterocycles. The normalized spacial score (nSPS) is 11.0. The zero-order valence-electron chi connectivity index (χ0n) is 15.8. The molecule has 3 rings (SSSR count). The fraction of sp³-hybridized carbons (Fsp3) is 0.263. The van der Waals surface area contributed by atoms with Crippen LogP contribution in [-0.4, -0.2) is 38.0 Å². The molecule has 6 nitrogen and oxygen atoms in total. The van der Waals surface area contributed by atoms with Gasteiger partial charge >= 0.3 is 0 Å². The number of alkyl halides is 2. The summed E-state index contributed by atoms with van der Waals surface area (Å²) < 4.78 is 41.7. The Bertz CT molecular complexity index is 1030. The van der Waals surface area contributed by atoms with E-state index in [4.69, 9.17) is 14.2 Å². The van der Waals surface area contributed by atoms with Crippen LogP contribution in [0, 0.1) is 0 Å². The van der Waals surface area contributed by atoms with E-state index in [1.54, 1.807) is 30.3 Å². The van der Waals surface area contributed by atoms with Gasteiger partial charge < -0.3 is 19.5 Å². The molecule has 0 atom stereocenters. The van der Waals surface area contributed by atoms with E-state index in [1.807, 2.05) is 0 Å². The van der Waals surface area contributed by atoms with Gasteiger partial charge in [-0.05, 0) is 24.3 Å². The van der Waals surface area contributed by atoms with Gasteiger partial charge in [0.2, 0.25) is 11.7 Å². The second-order valence-electron chi connectivity index (χ2n) is 5.75. The van der Waals surface area contributed by atoms with Crippen molar-refractivity contribution in [1.82, 2.24) is 4.98 Å². The van der Waals surface area contributed by atoms with Crippen molar-refractivity contribution in [2.24, 2.45) is 0 Å². The minimum absolute atomic E-state index is 0.0337. The van der Waals surface area contributed by atoms with Crippen LogP contribution < -0.4 is 19.5 Å². The van der Waals surface area contributed by atoms with Crippen molar-refractivity contribution in [1.29, 1.82) is 0 Å². The van der Waals surface area contributed by atoms with Crippen LogP contribution in [0.3, 0.4) is 0 Å². The number of hydrogen-bond acceptors (Lipinski definition) is 7. The number of nitrogens with zero attached hydrogens (tertiary/aromatic N) is 1.